The van der Waals surface area contributed by atoms with E-state index in [4.69, 9.17) is 10.5 Å². The molecule has 3 amide bonds. The second-order valence-corrected chi connectivity index (χ2v) is 7.48. The molecule has 4 rings (SSSR count). The highest BCUT2D eigenvalue weighted by Gasteiger charge is 2.22. The molecule has 4 N–H and O–H groups in total. The van der Waals surface area contributed by atoms with Crippen LogP contribution in [-0.2, 0) is 11.4 Å². The molecule has 2 aromatic carbocycles. The van der Waals surface area contributed by atoms with Crippen molar-refractivity contribution in [2.75, 3.05) is 11.9 Å². The highest BCUT2D eigenvalue weighted by Crippen LogP contribution is 2.42. The van der Waals surface area contributed by atoms with Crippen LogP contribution in [-0.4, -0.2) is 24.3 Å². The van der Waals surface area contributed by atoms with Crippen molar-refractivity contribution in [3.05, 3.63) is 70.6 Å². The molecule has 1 aliphatic rings. The van der Waals surface area contributed by atoms with Gasteiger partial charge >= 0.3 is 0 Å². The second kappa shape index (κ2) is 7.76. The first-order valence-electron chi connectivity index (χ1n) is 8.84. The molecule has 0 atom stereocenters. The van der Waals surface area contributed by atoms with Gasteiger partial charge in [0, 0.05) is 27.3 Å². The average Bonchev–Trinajstić information content (AvgIpc) is 3.17. The fraction of sp³-hybridized carbons (Fsp3) is 0.0952. The van der Waals surface area contributed by atoms with Gasteiger partial charge < -0.3 is 21.1 Å². The Morgan fingerprint density at radius 3 is 2.55 bits per heavy atom. The summed E-state index contributed by atoms with van der Waals surface area (Å²) in [4.78, 5) is 36.9. The number of anilines is 1. The Labute approximate surface area is 170 Å². The molecule has 8 heteroatoms. The lowest BCUT2D eigenvalue weighted by molar-refractivity contribution is -0.117. The molecule has 0 saturated heterocycles. The minimum Gasteiger partial charge on any atom is -0.488 e. The number of rotatable bonds is 5. The summed E-state index contributed by atoms with van der Waals surface area (Å²) in [6.45, 7) is 0.207. The molecule has 29 heavy (non-hydrogen) atoms. The maximum absolute atomic E-state index is 12.7. The van der Waals surface area contributed by atoms with Gasteiger partial charge in [-0.15, -0.1) is 11.3 Å². The molecule has 0 unspecified atom stereocenters. The van der Waals surface area contributed by atoms with Gasteiger partial charge in [-0.1, -0.05) is 12.1 Å². The average molecular weight is 407 g/mol. The van der Waals surface area contributed by atoms with Crippen LogP contribution in [0.4, 0.5) is 5.69 Å². The van der Waals surface area contributed by atoms with Gasteiger partial charge in [0.1, 0.15) is 12.4 Å². The van der Waals surface area contributed by atoms with Crippen LogP contribution in [0.1, 0.15) is 25.6 Å². The zero-order valence-corrected chi connectivity index (χ0v) is 16.0. The lowest BCUT2D eigenvalue weighted by atomic mass is 10.1. The number of ether oxygens (including phenoxy) is 1. The Balaban J connectivity index is 1.46. The van der Waals surface area contributed by atoms with Crippen LogP contribution in [0.15, 0.2) is 54.6 Å². The number of hydrogen-bond donors (Lipinski definition) is 3. The van der Waals surface area contributed by atoms with E-state index in [9.17, 15) is 14.4 Å². The molecule has 2 heterocycles. The summed E-state index contributed by atoms with van der Waals surface area (Å²) < 4.78 is 5.74. The number of nitrogens with two attached hydrogens (primary N) is 1. The lowest BCUT2D eigenvalue weighted by Gasteiger charge is -2.16. The summed E-state index contributed by atoms with van der Waals surface area (Å²) in [6, 6.07) is 16.0. The predicted molar refractivity (Wildman–Crippen MR) is 110 cm³/mol. The Bertz CT molecular complexity index is 1110. The van der Waals surface area contributed by atoms with Gasteiger partial charge in [-0.3, -0.25) is 14.4 Å². The molecule has 1 aliphatic heterocycles. The van der Waals surface area contributed by atoms with Crippen LogP contribution < -0.4 is 21.1 Å². The highest BCUT2D eigenvalue weighted by molar-refractivity contribution is 7.17. The predicted octanol–water partition coefficient (Wildman–Crippen LogP) is 2.77. The molecule has 0 fully saturated rings. The molecule has 7 nitrogen and oxygen atoms in total. The number of primary amides is 1. The topological polar surface area (TPSA) is 111 Å². The number of benzene rings is 2. The molecule has 0 aliphatic carbocycles. The van der Waals surface area contributed by atoms with E-state index >= 15 is 0 Å². The van der Waals surface area contributed by atoms with Gasteiger partial charge in [-0.25, -0.2) is 0 Å². The van der Waals surface area contributed by atoms with Gasteiger partial charge in [0.2, 0.25) is 5.91 Å². The molecule has 0 spiro atoms. The molecule has 0 saturated carbocycles. The molecule has 1 aromatic heterocycles. The van der Waals surface area contributed by atoms with Crippen molar-refractivity contribution in [1.29, 1.82) is 0 Å². The van der Waals surface area contributed by atoms with Gasteiger partial charge in [-0.05, 0) is 42.5 Å². The molecular weight excluding hydrogens is 390 g/mol. The summed E-state index contributed by atoms with van der Waals surface area (Å²) in [6.07, 6.45) is 0. The molecule has 3 aromatic rings. The maximum Gasteiger partial charge on any atom is 0.265 e. The molecular formula is C21H17N3O4S. The molecule has 0 bridgehead atoms. The van der Waals surface area contributed by atoms with Crippen molar-refractivity contribution in [3.63, 3.8) is 0 Å². The number of para-hydroxylation sites is 1. The van der Waals surface area contributed by atoms with Crippen LogP contribution in [0.5, 0.6) is 5.75 Å². The Kier molecular flexibility index (Phi) is 5.01. The van der Waals surface area contributed by atoms with Crippen LogP contribution in [0, 0.1) is 0 Å². The van der Waals surface area contributed by atoms with Crippen molar-refractivity contribution < 1.29 is 19.1 Å². The summed E-state index contributed by atoms with van der Waals surface area (Å²) in [5.41, 5.74) is 7.91. The summed E-state index contributed by atoms with van der Waals surface area (Å²) in [7, 11) is 0. The van der Waals surface area contributed by atoms with Crippen LogP contribution in [0.3, 0.4) is 0 Å². The number of fused-ring (bicyclic) bond motifs is 3. The number of hydrogen-bond acceptors (Lipinski definition) is 5. The lowest BCUT2D eigenvalue weighted by Crippen LogP contribution is -2.33. The first-order valence-corrected chi connectivity index (χ1v) is 9.66. The Hall–Kier alpha value is -3.65. The Morgan fingerprint density at radius 1 is 1.03 bits per heavy atom. The van der Waals surface area contributed by atoms with E-state index in [1.165, 1.54) is 11.3 Å². The number of amides is 3. The minimum atomic E-state index is -0.617. The normalized spacial score (nSPS) is 11.6. The van der Waals surface area contributed by atoms with Crippen LogP contribution in [0.25, 0.3) is 10.4 Å². The van der Waals surface area contributed by atoms with Crippen LogP contribution in [0.2, 0.25) is 0 Å². The first-order chi connectivity index (χ1) is 14.0. The smallest absolute Gasteiger partial charge is 0.265 e. The largest absolute Gasteiger partial charge is 0.488 e. The zero-order valence-electron chi connectivity index (χ0n) is 15.2. The summed E-state index contributed by atoms with van der Waals surface area (Å²) >= 11 is 1.42. The quantitative estimate of drug-likeness (QED) is 0.604. The second-order valence-electron chi connectivity index (χ2n) is 6.43. The minimum absolute atomic E-state index is 0.229. The number of carbonyl (C=O) groups excluding carboxylic acids is 3. The van der Waals surface area contributed by atoms with Gasteiger partial charge in [0.05, 0.1) is 11.4 Å². The van der Waals surface area contributed by atoms with E-state index in [-0.39, 0.29) is 12.5 Å². The molecule has 0 radical (unpaired) electrons. The van der Waals surface area contributed by atoms with Crippen molar-refractivity contribution in [2.24, 2.45) is 5.73 Å². The van der Waals surface area contributed by atoms with E-state index in [0.717, 1.165) is 21.8 Å². The van der Waals surface area contributed by atoms with Gasteiger partial charge in [0.25, 0.3) is 11.8 Å². The van der Waals surface area contributed by atoms with E-state index in [1.54, 1.807) is 24.3 Å². The Morgan fingerprint density at radius 2 is 1.79 bits per heavy atom. The number of carbonyl (C=O) groups is 3. The van der Waals surface area contributed by atoms with E-state index in [2.05, 4.69) is 10.6 Å². The fourth-order valence-corrected chi connectivity index (χ4v) is 4.07. The SMILES string of the molecule is NC(=O)CNC(=O)c1ccc(NC(=O)c2cc3c(s2)-c2ccccc2OC3)cc1. The third-order valence-corrected chi connectivity index (χ3v) is 5.59. The van der Waals surface area contributed by atoms with E-state index in [0.29, 0.717) is 22.7 Å². The number of nitrogens with one attached hydrogen (secondary N) is 2. The standard InChI is InChI=1S/C21H17N3O4S/c22-18(25)10-23-20(26)12-5-7-14(8-6-12)24-21(27)17-9-13-11-28-16-4-2-1-3-15(16)19(13)29-17/h1-9H,10-11H2,(H2,22,25)(H,23,26)(H,24,27). The summed E-state index contributed by atoms with van der Waals surface area (Å²) in [5, 5.41) is 5.24. The van der Waals surface area contributed by atoms with Crippen molar-refractivity contribution in [2.45, 2.75) is 6.61 Å². The first kappa shape index (κ1) is 18.7. The van der Waals surface area contributed by atoms with Crippen molar-refractivity contribution in [3.8, 4) is 16.2 Å². The van der Waals surface area contributed by atoms with E-state index < -0.39 is 11.8 Å². The van der Waals surface area contributed by atoms with Gasteiger partial charge in [0.15, 0.2) is 0 Å². The number of thiophene rings is 1. The van der Waals surface area contributed by atoms with Crippen LogP contribution >= 0.6 is 11.3 Å². The monoisotopic (exact) mass is 407 g/mol. The highest BCUT2D eigenvalue weighted by atomic mass is 32.1. The molecule has 146 valence electrons. The zero-order chi connectivity index (χ0) is 20.4. The maximum atomic E-state index is 12.7. The third kappa shape index (κ3) is 3.97. The summed E-state index contributed by atoms with van der Waals surface area (Å²) in [5.74, 6) is -0.438. The fourth-order valence-electron chi connectivity index (χ4n) is 2.98. The van der Waals surface area contributed by atoms with Gasteiger partial charge in [-0.2, -0.15) is 0 Å². The van der Waals surface area contributed by atoms with Crippen molar-refractivity contribution >= 4 is 34.7 Å². The van der Waals surface area contributed by atoms with E-state index in [1.807, 2.05) is 30.3 Å². The third-order valence-electron chi connectivity index (χ3n) is 4.38. The van der Waals surface area contributed by atoms with Crippen molar-refractivity contribution in [1.82, 2.24) is 5.32 Å².